The van der Waals surface area contributed by atoms with Crippen LogP contribution in [0.4, 0.5) is 13.2 Å². The molecule has 0 saturated carbocycles. The second kappa shape index (κ2) is 7.62. The minimum absolute atomic E-state index is 0.00809. The van der Waals surface area contributed by atoms with Crippen LogP contribution in [0.1, 0.15) is 38.4 Å². The molecule has 0 aliphatic heterocycles. The summed E-state index contributed by atoms with van der Waals surface area (Å²) >= 11 is 0. The van der Waals surface area contributed by atoms with Gasteiger partial charge in [-0.15, -0.1) is 0 Å². The Labute approximate surface area is 127 Å². The van der Waals surface area contributed by atoms with Crippen molar-refractivity contribution < 1.29 is 23.1 Å². The molecule has 1 amide bonds. The highest BCUT2D eigenvalue weighted by Gasteiger charge is 2.37. The van der Waals surface area contributed by atoms with Gasteiger partial charge in [0.25, 0.3) is 0 Å². The van der Waals surface area contributed by atoms with E-state index < -0.39 is 11.9 Å². The SMILES string of the molecule is CC(C)C(C)NC(=O)Cn1cc(CCCO)c(C(F)(F)F)n1. The van der Waals surface area contributed by atoms with Gasteiger partial charge in [0.15, 0.2) is 5.69 Å². The average Bonchev–Trinajstić information content (AvgIpc) is 2.78. The van der Waals surface area contributed by atoms with Crippen LogP contribution >= 0.6 is 0 Å². The number of carbonyl (C=O) groups excluding carboxylic acids is 1. The number of aliphatic hydroxyl groups is 1. The Morgan fingerprint density at radius 1 is 1.41 bits per heavy atom. The van der Waals surface area contributed by atoms with Crippen molar-refractivity contribution in [1.82, 2.24) is 15.1 Å². The molecule has 1 aromatic heterocycles. The summed E-state index contributed by atoms with van der Waals surface area (Å²) < 4.78 is 39.7. The third-order valence-corrected chi connectivity index (χ3v) is 3.40. The second-order valence-corrected chi connectivity index (χ2v) is 5.63. The fourth-order valence-electron chi connectivity index (χ4n) is 1.85. The highest BCUT2D eigenvalue weighted by Crippen LogP contribution is 2.31. The molecular formula is C14H22F3N3O2. The van der Waals surface area contributed by atoms with Gasteiger partial charge in [-0.25, -0.2) is 0 Å². The molecule has 0 aliphatic carbocycles. The predicted molar refractivity (Wildman–Crippen MR) is 75.1 cm³/mol. The van der Waals surface area contributed by atoms with Crippen LogP contribution in [0, 0.1) is 5.92 Å². The van der Waals surface area contributed by atoms with Gasteiger partial charge in [-0.2, -0.15) is 18.3 Å². The van der Waals surface area contributed by atoms with Gasteiger partial charge in [-0.1, -0.05) is 13.8 Å². The summed E-state index contributed by atoms with van der Waals surface area (Å²) in [5.41, 5.74) is -1.00. The van der Waals surface area contributed by atoms with Crippen LogP contribution in [-0.2, 0) is 23.9 Å². The van der Waals surface area contributed by atoms with Crippen LogP contribution < -0.4 is 5.32 Å². The molecule has 5 nitrogen and oxygen atoms in total. The smallest absolute Gasteiger partial charge is 0.396 e. The second-order valence-electron chi connectivity index (χ2n) is 5.63. The molecule has 1 heterocycles. The lowest BCUT2D eigenvalue weighted by atomic mass is 10.1. The third kappa shape index (κ3) is 5.32. The van der Waals surface area contributed by atoms with Gasteiger partial charge in [0.05, 0.1) is 0 Å². The Hall–Kier alpha value is -1.57. The average molecular weight is 321 g/mol. The van der Waals surface area contributed by atoms with E-state index in [-0.39, 0.29) is 49.4 Å². The number of aromatic nitrogens is 2. The van der Waals surface area contributed by atoms with E-state index in [1.165, 1.54) is 6.20 Å². The Bertz CT molecular complexity index is 498. The van der Waals surface area contributed by atoms with Crippen LogP contribution in [0.3, 0.4) is 0 Å². The summed E-state index contributed by atoms with van der Waals surface area (Å²) in [6.45, 7) is 5.24. The van der Waals surface area contributed by atoms with E-state index in [9.17, 15) is 18.0 Å². The highest BCUT2D eigenvalue weighted by atomic mass is 19.4. The molecule has 126 valence electrons. The first-order valence-corrected chi connectivity index (χ1v) is 7.19. The van der Waals surface area contributed by atoms with Crippen molar-refractivity contribution in [2.45, 2.75) is 52.4 Å². The summed E-state index contributed by atoms with van der Waals surface area (Å²) in [7, 11) is 0. The van der Waals surface area contributed by atoms with Crippen molar-refractivity contribution in [3.8, 4) is 0 Å². The van der Waals surface area contributed by atoms with Gasteiger partial charge >= 0.3 is 6.18 Å². The molecule has 0 aliphatic rings. The molecule has 0 spiro atoms. The number of aliphatic hydroxyl groups excluding tert-OH is 1. The molecule has 1 rings (SSSR count). The topological polar surface area (TPSA) is 67.2 Å². The number of rotatable bonds is 7. The van der Waals surface area contributed by atoms with Crippen LogP contribution in [0.15, 0.2) is 6.20 Å². The number of hydrogen-bond acceptors (Lipinski definition) is 3. The summed E-state index contributed by atoms with van der Waals surface area (Å²) in [4.78, 5) is 11.8. The maximum Gasteiger partial charge on any atom is 0.435 e. The summed E-state index contributed by atoms with van der Waals surface area (Å²) in [5, 5.41) is 14.9. The Morgan fingerprint density at radius 2 is 2.05 bits per heavy atom. The monoisotopic (exact) mass is 321 g/mol. The number of alkyl halides is 3. The third-order valence-electron chi connectivity index (χ3n) is 3.40. The lowest BCUT2D eigenvalue weighted by Gasteiger charge is -2.17. The zero-order valence-corrected chi connectivity index (χ0v) is 12.9. The number of hydrogen-bond donors (Lipinski definition) is 2. The van der Waals surface area contributed by atoms with E-state index in [4.69, 9.17) is 5.11 Å². The molecule has 0 saturated heterocycles. The van der Waals surface area contributed by atoms with E-state index in [0.29, 0.717) is 0 Å². The van der Waals surface area contributed by atoms with E-state index in [1.54, 1.807) is 0 Å². The van der Waals surface area contributed by atoms with Crippen LogP contribution in [0.2, 0.25) is 0 Å². The number of nitrogens with zero attached hydrogens (tertiary/aromatic N) is 2. The van der Waals surface area contributed by atoms with Gasteiger partial charge in [0, 0.05) is 24.4 Å². The zero-order chi connectivity index (χ0) is 16.9. The molecule has 1 atom stereocenters. The van der Waals surface area contributed by atoms with Crippen LogP contribution in [-0.4, -0.2) is 33.4 Å². The van der Waals surface area contributed by atoms with E-state index in [2.05, 4.69) is 10.4 Å². The first-order valence-electron chi connectivity index (χ1n) is 7.19. The molecule has 2 N–H and O–H groups in total. The van der Waals surface area contributed by atoms with Crippen molar-refractivity contribution in [1.29, 1.82) is 0 Å². The quantitative estimate of drug-likeness (QED) is 0.807. The minimum Gasteiger partial charge on any atom is -0.396 e. The van der Waals surface area contributed by atoms with Crippen molar-refractivity contribution >= 4 is 5.91 Å². The van der Waals surface area contributed by atoms with E-state index >= 15 is 0 Å². The standard InChI is InChI=1S/C14H22F3N3O2/c1-9(2)10(3)18-12(22)8-20-7-11(5-4-6-21)13(19-20)14(15,16)17/h7,9-10,21H,4-6,8H2,1-3H3,(H,18,22). The lowest BCUT2D eigenvalue weighted by Crippen LogP contribution is -2.38. The Balaban J connectivity index is 2.83. The van der Waals surface area contributed by atoms with Gasteiger partial charge in [0.2, 0.25) is 5.91 Å². The predicted octanol–water partition coefficient (Wildman–Crippen LogP) is 1.99. The summed E-state index contributed by atoms with van der Waals surface area (Å²) in [6.07, 6.45) is -3.07. The van der Waals surface area contributed by atoms with Crippen LogP contribution in [0.25, 0.3) is 0 Å². The van der Waals surface area contributed by atoms with Crippen LogP contribution in [0.5, 0.6) is 0 Å². The fraction of sp³-hybridized carbons (Fsp3) is 0.714. The largest absolute Gasteiger partial charge is 0.435 e. The molecule has 0 bridgehead atoms. The van der Waals surface area contributed by atoms with Crippen molar-refractivity contribution in [2.24, 2.45) is 5.92 Å². The molecule has 22 heavy (non-hydrogen) atoms. The highest BCUT2D eigenvalue weighted by molar-refractivity contribution is 5.75. The van der Waals surface area contributed by atoms with Gasteiger partial charge in [0.1, 0.15) is 6.54 Å². The maximum absolute atomic E-state index is 12.9. The molecule has 0 radical (unpaired) electrons. The maximum atomic E-state index is 12.9. The molecule has 0 aromatic carbocycles. The molecule has 8 heteroatoms. The van der Waals surface area contributed by atoms with E-state index in [1.807, 2.05) is 20.8 Å². The fourth-order valence-corrected chi connectivity index (χ4v) is 1.85. The first kappa shape index (κ1) is 18.5. The van der Waals surface area contributed by atoms with Crippen molar-refractivity contribution in [3.63, 3.8) is 0 Å². The van der Waals surface area contributed by atoms with Crippen molar-refractivity contribution in [3.05, 3.63) is 17.5 Å². The normalized spacial score (nSPS) is 13.5. The molecule has 1 aromatic rings. The number of aryl methyl sites for hydroxylation is 1. The number of amides is 1. The first-order chi connectivity index (χ1) is 10.1. The zero-order valence-electron chi connectivity index (χ0n) is 12.9. The Kier molecular flexibility index (Phi) is 6.40. The van der Waals surface area contributed by atoms with E-state index in [0.717, 1.165) is 4.68 Å². The minimum atomic E-state index is -4.57. The Morgan fingerprint density at radius 3 is 2.55 bits per heavy atom. The summed E-state index contributed by atoms with van der Waals surface area (Å²) in [5.74, 6) is -0.154. The molecule has 1 unspecified atom stereocenters. The van der Waals surface area contributed by atoms with Gasteiger partial charge < -0.3 is 10.4 Å². The van der Waals surface area contributed by atoms with Crippen molar-refractivity contribution in [2.75, 3.05) is 6.61 Å². The van der Waals surface area contributed by atoms with Gasteiger partial charge in [-0.3, -0.25) is 9.48 Å². The molecule has 0 fully saturated rings. The number of carbonyl (C=O) groups is 1. The molecular weight excluding hydrogens is 299 g/mol. The van der Waals surface area contributed by atoms with Gasteiger partial charge in [-0.05, 0) is 25.7 Å². The lowest BCUT2D eigenvalue weighted by molar-refractivity contribution is -0.142. The number of nitrogens with one attached hydrogen (secondary N) is 1. The number of halogens is 3. The summed E-state index contributed by atoms with van der Waals surface area (Å²) in [6, 6.07) is -0.0704.